The van der Waals surface area contributed by atoms with E-state index in [4.69, 9.17) is 5.11 Å². The number of Topliss-reactive ketones (excluding diaryl/α,β-unsaturated/α-hetero) is 1. The van der Waals surface area contributed by atoms with Crippen LogP contribution in [-0.2, 0) is 9.59 Å². The lowest BCUT2D eigenvalue weighted by Gasteiger charge is -2.16. The summed E-state index contributed by atoms with van der Waals surface area (Å²) in [6.45, 7) is 4.03. The molecule has 146 valence electrons. The number of aliphatic hydroxyl groups is 2. The summed E-state index contributed by atoms with van der Waals surface area (Å²) in [7, 11) is 0. The van der Waals surface area contributed by atoms with E-state index in [1.807, 2.05) is 26.0 Å². The Balaban J connectivity index is 2.51. The lowest BCUT2D eigenvalue weighted by atomic mass is 9.90. The maximum Gasteiger partial charge on any atom is 0.303 e. The van der Waals surface area contributed by atoms with Gasteiger partial charge in [-0.2, -0.15) is 0 Å². The SMILES string of the molecule is CC(C)=CCC[C@@H](O)/C=C/[C@H]1[C@H](O)CC(=O)[C@@H]1C/C=C\CCCC(=O)O. The van der Waals surface area contributed by atoms with Gasteiger partial charge in [-0.05, 0) is 46.0 Å². The van der Waals surface area contributed by atoms with E-state index < -0.39 is 18.2 Å². The second kappa shape index (κ2) is 11.8. The number of hydrogen-bond acceptors (Lipinski definition) is 4. The summed E-state index contributed by atoms with van der Waals surface area (Å²) in [5, 5.41) is 28.8. The summed E-state index contributed by atoms with van der Waals surface area (Å²) < 4.78 is 0. The fourth-order valence-electron chi connectivity index (χ4n) is 3.15. The molecule has 0 heterocycles. The van der Waals surface area contributed by atoms with Gasteiger partial charge in [-0.25, -0.2) is 0 Å². The minimum Gasteiger partial charge on any atom is -0.481 e. The van der Waals surface area contributed by atoms with E-state index >= 15 is 0 Å². The number of ketones is 1. The van der Waals surface area contributed by atoms with E-state index in [1.165, 1.54) is 5.57 Å². The molecule has 5 nitrogen and oxygen atoms in total. The second-order valence-electron chi connectivity index (χ2n) is 7.23. The van der Waals surface area contributed by atoms with Crippen LogP contribution in [0.1, 0.15) is 58.8 Å². The zero-order valence-electron chi connectivity index (χ0n) is 15.8. The topological polar surface area (TPSA) is 94.8 Å². The van der Waals surface area contributed by atoms with Crippen molar-refractivity contribution in [3.8, 4) is 0 Å². The molecular weight excluding hydrogens is 332 g/mol. The number of carbonyl (C=O) groups excluding carboxylic acids is 1. The lowest BCUT2D eigenvalue weighted by Crippen LogP contribution is -2.18. The van der Waals surface area contributed by atoms with Gasteiger partial charge in [0.1, 0.15) is 5.78 Å². The van der Waals surface area contributed by atoms with Crippen LogP contribution in [0.3, 0.4) is 0 Å². The van der Waals surface area contributed by atoms with Crippen molar-refractivity contribution >= 4 is 11.8 Å². The van der Waals surface area contributed by atoms with E-state index in [-0.39, 0.29) is 30.5 Å². The highest BCUT2D eigenvalue weighted by molar-refractivity contribution is 5.84. The first kappa shape index (κ1) is 22.3. The van der Waals surface area contributed by atoms with Crippen molar-refractivity contribution in [2.24, 2.45) is 11.8 Å². The molecule has 26 heavy (non-hydrogen) atoms. The third-order valence-electron chi connectivity index (χ3n) is 4.62. The molecule has 1 rings (SSSR count). The summed E-state index contributed by atoms with van der Waals surface area (Å²) in [5.41, 5.74) is 1.22. The standard InChI is InChI=1S/C21H32O5/c1-15(2)8-7-9-16(22)12-13-18-17(19(23)14-20(18)24)10-5-3-4-6-11-21(25)26/h3,5,8,12-13,16-18,20,22,24H,4,6-7,9-11,14H2,1-2H3,(H,25,26)/b5-3-,13-12+/t16-,17-,18-,20-/m1/s1. The third-order valence-corrected chi connectivity index (χ3v) is 4.62. The van der Waals surface area contributed by atoms with Crippen molar-refractivity contribution in [2.75, 3.05) is 0 Å². The maximum atomic E-state index is 12.1. The molecule has 0 unspecified atom stereocenters. The van der Waals surface area contributed by atoms with E-state index in [0.29, 0.717) is 25.7 Å². The number of aliphatic carboxylic acids is 1. The van der Waals surface area contributed by atoms with E-state index in [1.54, 1.807) is 12.2 Å². The number of carbonyl (C=O) groups is 2. The van der Waals surface area contributed by atoms with Crippen molar-refractivity contribution in [3.63, 3.8) is 0 Å². The third kappa shape index (κ3) is 8.59. The fraction of sp³-hybridized carbons (Fsp3) is 0.619. The first-order valence-corrected chi connectivity index (χ1v) is 9.38. The molecule has 4 atom stereocenters. The minimum absolute atomic E-state index is 0.0429. The monoisotopic (exact) mass is 364 g/mol. The quantitative estimate of drug-likeness (QED) is 0.386. The van der Waals surface area contributed by atoms with Gasteiger partial charge in [-0.3, -0.25) is 9.59 Å². The van der Waals surface area contributed by atoms with Gasteiger partial charge in [0.25, 0.3) is 0 Å². The number of carboxylic acids is 1. The smallest absolute Gasteiger partial charge is 0.303 e. The van der Waals surface area contributed by atoms with Crippen LogP contribution in [0.4, 0.5) is 0 Å². The van der Waals surface area contributed by atoms with Crippen LogP contribution >= 0.6 is 0 Å². The Morgan fingerprint density at radius 3 is 2.65 bits per heavy atom. The molecule has 0 aromatic carbocycles. The summed E-state index contributed by atoms with van der Waals surface area (Å²) in [6.07, 6.45) is 11.5. The molecular formula is C21H32O5. The molecule has 0 amide bonds. The van der Waals surface area contributed by atoms with Crippen molar-refractivity contribution in [3.05, 3.63) is 36.0 Å². The number of rotatable bonds is 11. The molecule has 5 heteroatoms. The average Bonchev–Trinajstić information content (AvgIpc) is 2.81. The van der Waals surface area contributed by atoms with Gasteiger partial charge in [0.15, 0.2) is 0 Å². The molecule has 1 aliphatic carbocycles. The van der Waals surface area contributed by atoms with E-state index in [9.17, 15) is 19.8 Å². The molecule has 0 aromatic heterocycles. The Hall–Kier alpha value is -1.72. The lowest BCUT2D eigenvalue weighted by molar-refractivity contribution is -0.137. The molecule has 1 saturated carbocycles. The summed E-state index contributed by atoms with van der Waals surface area (Å²) in [4.78, 5) is 22.6. The van der Waals surface area contributed by atoms with Gasteiger partial charge in [-0.15, -0.1) is 0 Å². The van der Waals surface area contributed by atoms with Crippen molar-refractivity contribution in [1.82, 2.24) is 0 Å². The molecule has 1 fully saturated rings. The molecule has 0 saturated heterocycles. The highest BCUT2D eigenvalue weighted by Gasteiger charge is 2.39. The summed E-state index contributed by atoms with van der Waals surface area (Å²) >= 11 is 0. The molecule has 0 bridgehead atoms. The Labute approximate surface area is 156 Å². The number of hydrogen-bond donors (Lipinski definition) is 3. The normalized spacial score (nSPS) is 24.5. The zero-order valence-corrected chi connectivity index (χ0v) is 15.8. The van der Waals surface area contributed by atoms with E-state index in [0.717, 1.165) is 6.42 Å². The van der Waals surface area contributed by atoms with Gasteiger partial charge in [0.05, 0.1) is 12.2 Å². The molecule has 1 aliphatic rings. The summed E-state index contributed by atoms with van der Waals surface area (Å²) in [5.74, 6) is -1.31. The van der Waals surface area contributed by atoms with Crippen LogP contribution in [-0.4, -0.2) is 39.3 Å². The Bertz CT molecular complexity index is 543. The first-order chi connectivity index (χ1) is 12.3. The fourth-order valence-corrected chi connectivity index (χ4v) is 3.15. The Morgan fingerprint density at radius 1 is 1.27 bits per heavy atom. The van der Waals surface area contributed by atoms with Crippen LogP contribution in [0, 0.1) is 11.8 Å². The van der Waals surface area contributed by atoms with Crippen LogP contribution in [0.5, 0.6) is 0 Å². The second-order valence-corrected chi connectivity index (χ2v) is 7.23. The predicted molar refractivity (Wildman–Crippen MR) is 102 cm³/mol. The van der Waals surface area contributed by atoms with Crippen LogP contribution in [0.15, 0.2) is 36.0 Å². The van der Waals surface area contributed by atoms with Gasteiger partial charge < -0.3 is 15.3 Å². The number of aliphatic hydroxyl groups excluding tert-OH is 2. The molecule has 0 aliphatic heterocycles. The van der Waals surface area contributed by atoms with Crippen molar-refractivity contribution in [1.29, 1.82) is 0 Å². The van der Waals surface area contributed by atoms with Crippen molar-refractivity contribution in [2.45, 2.75) is 71.0 Å². The minimum atomic E-state index is -0.805. The van der Waals surface area contributed by atoms with Crippen molar-refractivity contribution < 1.29 is 24.9 Å². The van der Waals surface area contributed by atoms with Gasteiger partial charge in [0.2, 0.25) is 0 Å². The maximum absolute atomic E-state index is 12.1. The van der Waals surface area contributed by atoms with E-state index in [2.05, 4.69) is 6.08 Å². The van der Waals surface area contributed by atoms with Crippen LogP contribution in [0.25, 0.3) is 0 Å². The van der Waals surface area contributed by atoms with Gasteiger partial charge in [0, 0.05) is 24.7 Å². The first-order valence-electron chi connectivity index (χ1n) is 9.38. The van der Waals surface area contributed by atoms with Crippen LogP contribution in [0.2, 0.25) is 0 Å². The number of carboxylic acid groups (broad SMARTS) is 1. The molecule has 0 radical (unpaired) electrons. The molecule has 0 aromatic rings. The molecule has 0 spiro atoms. The Morgan fingerprint density at radius 2 is 2.00 bits per heavy atom. The average molecular weight is 364 g/mol. The zero-order chi connectivity index (χ0) is 19.5. The van der Waals surface area contributed by atoms with Crippen LogP contribution < -0.4 is 0 Å². The Kier molecular flexibility index (Phi) is 10.1. The highest BCUT2D eigenvalue weighted by Crippen LogP contribution is 2.33. The highest BCUT2D eigenvalue weighted by atomic mass is 16.4. The summed E-state index contributed by atoms with van der Waals surface area (Å²) in [6, 6.07) is 0. The van der Waals surface area contributed by atoms with Gasteiger partial charge >= 0.3 is 5.97 Å². The predicted octanol–water partition coefficient (Wildman–Crippen LogP) is 3.42. The van der Waals surface area contributed by atoms with Gasteiger partial charge in [-0.1, -0.05) is 36.0 Å². The largest absolute Gasteiger partial charge is 0.481 e. The molecule has 3 N–H and O–H groups in total. The number of allylic oxidation sites excluding steroid dienone is 4. The number of unbranched alkanes of at least 4 members (excludes halogenated alkanes) is 1.